The van der Waals surface area contributed by atoms with Crippen molar-refractivity contribution in [1.82, 2.24) is 83.9 Å². The molecule has 33 nitrogen and oxygen atoms in total. The number of likely N-dealkylation sites (tertiary alicyclic amines) is 1. The molecule has 1 saturated heterocycles. The van der Waals surface area contributed by atoms with E-state index in [1.165, 1.54) is 57.8 Å². The fraction of sp³-hybridized carbons (Fsp3) is 0.376. The van der Waals surface area contributed by atoms with Crippen molar-refractivity contribution < 1.29 is 58.3 Å². The number of anilines is 8. The van der Waals surface area contributed by atoms with Gasteiger partial charge in [-0.05, 0) is 162 Å². The smallest absolute Gasteiger partial charge is 0.125 e. The molecule has 1 aliphatic heterocycles. The van der Waals surface area contributed by atoms with Crippen LogP contribution in [0.5, 0.6) is 46.0 Å². The van der Waals surface area contributed by atoms with Crippen LogP contribution in [0.2, 0.25) is 0 Å². The molecular formula is C109H137N21O12. The minimum atomic E-state index is -0.555. The van der Waals surface area contributed by atoms with E-state index in [4.69, 9.17) is 73.0 Å². The molecule has 2 unspecified atom stereocenters. The summed E-state index contributed by atoms with van der Waals surface area (Å²) in [6, 6.07) is 47.7. The van der Waals surface area contributed by atoms with Crippen molar-refractivity contribution >= 4 is 89.6 Å². The van der Waals surface area contributed by atoms with Gasteiger partial charge in [-0.2, -0.15) is 20.4 Å². The Hall–Kier alpha value is -14.6. The molecule has 142 heavy (non-hydrogen) atoms. The monoisotopic (exact) mass is 1930 g/mol. The number of aromatic nitrogens is 16. The Morgan fingerprint density at radius 2 is 0.620 bits per heavy atom. The number of hydrogen-bond donors (Lipinski definition) is 4. The molecule has 4 fully saturated rings. The van der Waals surface area contributed by atoms with Gasteiger partial charge in [0, 0.05) is 219 Å². The molecule has 16 aromatic rings. The summed E-state index contributed by atoms with van der Waals surface area (Å²) in [5.74, 6) is 7.59. The fourth-order valence-corrected chi connectivity index (χ4v) is 16.6. The molecule has 9 heterocycles. The molecule has 0 bridgehead atoms. The Morgan fingerprint density at radius 1 is 0.331 bits per heavy atom. The lowest BCUT2D eigenvalue weighted by molar-refractivity contribution is 0.0856. The van der Waals surface area contributed by atoms with E-state index in [-0.39, 0.29) is 63.6 Å². The maximum Gasteiger partial charge on any atom is 0.125 e. The van der Waals surface area contributed by atoms with Crippen LogP contribution in [0.4, 0.5) is 45.5 Å². The number of β-amino-alcohol motifs (C(OH)–C–C–N with tert-alkyl or cyclic N) is 1. The number of aryl methyl sites for hydroxylation is 3. The molecule has 0 spiro atoms. The first kappa shape index (κ1) is 106. The first-order valence-corrected chi connectivity index (χ1v) is 46.4. The van der Waals surface area contributed by atoms with Crippen LogP contribution < -0.4 is 57.5 Å². The second kappa shape index (κ2) is 49.5. The molecule has 3 saturated carbocycles. The number of benzene rings is 8. The third-order valence-corrected chi connectivity index (χ3v) is 24.3. The van der Waals surface area contributed by atoms with Gasteiger partial charge in [-0.15, -0.1) is 0 Å². The Labute approximate surface area is 832 Å². The minimum absolute atomic E-state index is 0. The topological polar surface area (TPSA) is 345 Å². The highest BCUT2D eigenvalue weighted by Crippen LogP contribution is 2.44. The van der Waals surface area contributed by atoms with Gasteiger partial charge in [0.15, 0.2) is 0 Å². The molecule has 0 radical (unpaired) electrons. The molecule has 20 rings (SSSR count). The van der Waals surface area contributed by atoms with Crippen molar-refractivity contribution in [2.24, 2.45) is 38.9 Å². The number of aliphatic hydroxyl groups excluding tert-OH is 4. The van der Waals surface area contributed by atoms with Gasteiger partial charge in [-0.25, -0.2) is 19.9 Å². The number of ether oxygens (including phenoxy) is 8. The van der Waals surface area contributed by atoms with E-state index in [1.54, 1.807) is 118 Å². The van der Waals surface area contributed by atoms with Gasteiger partial charge in [0.2, 0.25) is 0 Å². The highest BCUT2D eigenvalue weighted by atomic mass is 16.5. The minimum Gasteiger partial charge on any atom is -0.497 e. The van der Waals surface area contributed by atoms with Crippen molar-refractivity contribution in [2.45, 2.75) is 121 Å². The van der Waals surface area contributed by atoms with E-state index in [0.29, 0.717) is 71.9 Å². The summed E-state index contributed by atoms with van der Waals surface area (Å²) in [6.45, 7) is 8.52. The van der Waals surface area contributed by atoms with E-state index in [2.05, 4.69) is 91.3 Å². The highest BCUT2D eigenvalue weighted by molar-refractivity contribution is 5.87. The normalized spacial score (nSPS) is 13.5. The average Bonchev–Trinajstić information content (AvgIpc) is 1.32. The lowest BCUT2D eigenvalue weighted by atomic mass is 10.1. The summed E-state index contributed by atoms with van der Waals surface area (Å²) in [6.07, 6.45) is 32.1. The maximum atomic E-state index is 10.6. The number of hydrogen-bond acceptors (Lipinski definition) is 29. The molecule has 8 aromatic carbocycles. The van der Waals surface area contributed by atoms with Crippen LogP contribution in [0.3, 0.4) is 0 Å². The van der Waals surface area contributed by atoms with Gasteiger partial charge in [0.1, 0.15) is 59.2 Å². The van der Waals surface area contributed by atoms with E-state index in [9.17, 15) is 10.2 Å². The Morgan fingerprint density at radius 3 is 0.908 bits per heavy atom. The molecule has 4 aliphatic rings. The summed E-state index contributed by atoms with van der Waals surface area (Å²) < 4.78 is 51.4. The lowest BCUT2D eigenvalue weighted by Gasteiger charge is -2.28. The van der Waals surface area contributed by atoms with Gasteiger partial charge in [0.05, 0.1) is 191 Å². The van der Waals surface area contributed by atoms with E-state index in [0.717, 1.165) is 179 Å². The summed E-state index contributed by atoms with van der Waals surface area (Å²) in [5.41, 5.74) is 21.1. The molecule has 33 heteroatoms. The summed E-state index contributed by atoms with van der Waals surface area (Å²) in [7, 11) is 15.5. The summed E-state index contributed by atoms with van der Waals surface area (Å²) in [5, 5.41) is 56.3. The predicted molar refractivity (Wildman–Crippen MR) is 564 cm³/mol. The first-order valence-electron chi connectivity index (χ1n) is 46.4. The van der Waals surface area contributed by atoms with Gasteiger partial charge in [-0.3, -0.25) is 38.7 Å². The second-order valence-electron chi connectivity index (χ2n) is 35.0. The quantitative estimate of drug-likeness (QED) is 0.0283. The molecule has 0 amide bonds. The van der Waals surface area contributed by atoms with Crippen LogP contribution in [-0.2, 0) is 27.7 Å². The standard InChI is InChI=1S/C31H38N6O3.2C25H27N5O3.C23H25N5O3.5CH4/c1-39-27-12-25(13-28(15-27)40-2)37(18-22-6-7-22)24-8-9-29-30(14-24)34-31(17-32-29)23-16-33-36(19-23)21-26(38)20-35-10-4-3-5-11-35;2*1-29-16-18(13-27-29)25-14-26-23-6-5-19(11-24(23)28-25)30(15-17-3-4-17)20-9-21(32-2)12-22(10-20)33-8-7-31;1-15(29)13-28(18-7-19(30-3)10-20(8-18)31-4)17-5-6-21-22(9-17)26-23(12-24-21)16-11-25-27(2)14-16;;;;;/h8-9,12-17,19,22,26,38H,3-7,10-11,18,20-21H2,1-2H3;2*5-6,9-14,16-17,31H,3-4,7-8,15H2,1-2H3;5-12,14-15,29H,13H2,1-4H3;5*1H4. The fourth-order valence-electron chi connectivity index (χ4n) is 16.6. The molecular weight excluding hydrogens is 1800 g/mol. The third-order valence-electron chi connectivity index (χ3n) is 24.3. The van der Waals surface area contributed by atoms with Gasteiger partial charge in [-0.1, -0.05) is 43.6 Å². The zero-order valence-corrected chi connectivity index (χ0v) is 79.0. The Bertz CT molecular complexity index is 6550. The Balaban J connectivity index is 0.000000168. The number of nitrogens with zero attached hydrogens (tertiary/aromatic N) is 21. The number of aliphatic hydroxyl groups is 4. The molecule has 2 atom stereocenters. The van der Waals surface area contributed by atoms with E-state index < -0.39 is 12.2 Å². The number of fused-ring (bicyclic) bond motifs is 4. The summed E-state index contributed by atoms with van der Waals surface area (Å²) >= 11 is 0. The second-order valence-corrected chi connectivity index (χ2v) is 35.0. The SMILES string of the molecule is C.C.C.C.C.COc1cc(OC)cc(N(CC(C)O)c2ccc3ncc(-c4cnn(C)c4)nc3c2)c1.COc1cc(OC)cc(N(CC2CC2)c2ccc3ncc(-c4cnn(CC(O)CN5CCCCC5)c4)nc3c2)c1.COc1cc(OCCO)cc(N(CC2CC2)c2ccc3ncc(-c4cnn(C)c4)nc3c2)c1.COc1cc(OCCO)cc(N(CC2CC2)c2ccc3ncc(-c4cnn(C)c4)nc3c2)c1. The van der Waals surface area contributed by atoms with Crippen LogP contribution in [0.25, 0.3) is 89.2 Å². The molecule has 4 N–H and O–H groups in total. The molecule has 3 aliphatic carbocycles. The van der Waals surface area contributed by atoms with Gasteiger partial charge in [0.25, 0.3) is 0 Å². The van der Waals surface area contributed by atoms with Crippen molar-refractivity contribution in [3.8, 4) is 91.0 Å². The average molecular weight is 1930 g/mol. The van der Waals surface area contributed by atoms with E-state index in [1.807, 2.05) is 160 Å². The van der Waals surface area contributed by atoms with Crippen LogP contribution in [-0.4, -0.2) is 231 Å². The van der Waals surface area contributed by atoms with E-state index >= 15 is 0 Å². The maximum absolute atomic E-state index is 10.6. The third kappa shape index (κ3) is 27.3. The Kier molecular flexibility index (Phi) is 37.0. The van der Waals surface area contributed by atoms with Gasteiger partial charge < -0.3 is 82.8 Å². The summed E-state index contributed by atoms with van der Waals surface area (Å²) in [4.78, 5) is 49.2. The first-order chi connectivity index (χ1) is 66.8. The number of rotatable bonds is 36. The largest absolute Gasteiger partial charge is 0.497 e. The molecule has 8 aromatic heterocycles. The van der Waals surface area contributed by atoms with Crippen molar-refractivity contribution in [2.75, 3.05) is 134 Å². The zero-order chi connectivity index (χ0) is 95.0. The van der Waals surface area contributed by atoms with Crippen molar-refractivity contribution in [3.63, 3.8) is 0 Å². The number of piperidine rings is 1. The predicted octanol–water partition coefficient (Wildman–Crippen LogP) is 19.6. The zero-order valence-electron chi connectivity index (χ0n) is 79.0. The van der Waals surface area contributed by atoms with Gasteiger partial charge >= 0.3 is 0 Å². The van der Waals surface area contributed by atoms with Crippen molar-refractivity contribution in [3.05, 3.63) is 220 Å². The van der Waals surface area contributed by atoms with Crippen LogP contribution in [0.15, 0.2) is 220 Å². The van der Waals surface area contributed by atoms with Crippen LogP contribution >= 0.6 is 0 Å². The van der Waals surface area contributed by atoms with Crippen LogP contribution in [0, 0.1) is 17.8 Å². The highest BCUT2D eigenvalue weighted by Gasteiger charge is 2.31. The van der Waals surface area contributed by atoms with Crippen LogP contribution in [0.1, 0.15) is 102 Å². The molecule has 750 valence electrons. The lowest BCUT2D eigenvalue weighted by Crippen LogP contribution is -2.38. The number of methoxy groups -OCH3 is 6. The van der Waals surface area contributed by atoms with Crippen molar-refractivity contribution in [1.29, 1.82) is 0 Å².